The SMILES string of the molecule is CCCC1CCCN(C(CN)c2cc(F)ccc2F)CC1. The van der Waals surface area contributed by atoms with Crippen LogP contribution in [0, 0.1) is 17.6 Å². The minimum Gasteiger partial charge on any atom is -0.329 e. The van der Waals surface area contributed by atoms with Crippen molar-refractivity contribution >= 4 is 0 Å². The molecular formula is C17H26F2N2. The lowest BCUT2D eigenvalue weighted by atomic mass is 9.96. The van der Waals surface area contributed by atoms with Gasteiger partial charge in [0.1, 0.15) is 11.6 Å². The van der Waals surface area contributed by atoms with Crippen molar-refractivity contribution in [1.82, 2.24) is 4.90 Å². The van der Waals surface area contributed by atoms with Crippen LogP contribution in [0.5, 0.6) is 0 Å². The lowest BCUT2D eigenvalue weighted by Gasteiger charge is -2.30. The number of halogens is 2. The van der Waals surface area contributed by atoms with Crippen LogP contribution in [0.25, 0.3) is 0 Å². The summed E-state index contributed by atoms with van der Waals surface area (Å²) in [6.07, 6.45) is 5.94. The van der Waals surface area contributed by atoms with Gasteiger partial charge in [-0.05, 0) is 56.5 Å². The van der Waals surface area contributed by atoms with Gasteiger partial charge in [-0.2, -0.15) is 0 Å². The van der Waals surface area contributed by atoms with Gasteiger partial charge in [-0.25, -0.2) is 8.78 Å². The third-order valence-electron chi connectivity index (χ3n) is 4.56. The van der Waals surface area contributed by atoms with Gasteiger partial charge in [0.2, 0.25) is 0 Å². The molecule has 1 aliphatic heterocycles. The molecule has 1 fully saturated rings. The summed E-state index contributed by atoms with van der Waals surface area (Å²) in [6.45, 7) is 4.37. The molecule has 0 aliphatic carbocycles. The average Bonchev–Trinajstić information content (AvgIpc) is 2.70. The van der Waals surface area contributed by atoms with Gasteiger partial charge in [0.05, 0.1) is 0 Å². The van der Waals surface area contributed by atoms with Crippen molar-refractivity contribution < 1.29 is 8.78 Å². The van der Waals surface area contributed by atoms with Crippen LogP contribution in [0.2, 0.25) is 0 Å². The van der Waals surface area contributed by atoms with Gasteiger partial charge in [0, 0.05) is 18.2 Å². The van der Waals surface area contributed by atoms with E-state index < -0.39 is 5.82 Å². The van der Waals surface area contributed by atoms with Gasteiger partial charge in [-0.1, -0.05) is 19.8 Å². The predicted octanol–water partition coefficient (Wildman–Crippen LogP) is 3.87. The maximum atomic E-state index is 14.0. The fourth-order valence-corrected chi connectivity index (χ4v) is 3.44. The van der Waals surface area contributed by atoms with Gasteiger partial charge in [0.25, 0.3) is 0 Å². The summed E-state index contributed by atoms with van der Waals surface area (Å²) in [4.78, 5) is 2.23. The van der Waals surface area contributed by atoms with E-state index in [4.69, 9.17) is 5.73 Å². The highest BCUT2D eigenvalue weighted by molar-refractivity contribution is 5.23. The molecule has 0 bridgehead atoms. The highest BCUT2D eigenvalue weighted by atomic mass is 19.1. The van der Waals surface area contributed by atoms with Crippen LogP contribution >= 0.6 is 0 Å². The number of likely N-dealkylation sites (tertiary alicyclic amines) is 1. The molecule has 0 spiro atoms. The Bertz CT molecular complexity index is 450. The topological polar surface area (TPSA) is 29.3 Å². The summed E-state index contributed by atoms with van der Waals surface area (Å²) in [5, 5.41) is 0. The van der Waals surface area contributed by atoms with Crippen LogP contribution in [0.4, 0.5) is 8.78 Å². The number of benzene rings is 1. The van der Waals surface area contributed by atoms with E-state index in [9.17, 15) is 8.78 Å². The van der Waals surface area contributed by atoms with Gasteiger partial charge in [-0.15, -0.1) is 0 Å². The van der Waals surface area contributed by atoms with Crippen molar-refractivity contribution in [2.45, 2.75) is 45.1 Å². The number of nitrogens with zero attached hydrogens (tertiary/aromatic N) is 1. The number of rotatable bonds is 5. The molecule has 2 N–H and O–H groups in total. The Kier molecular flexibility index (Phi) is 6.12. The maximum Gasteiger partial charge on any atom is 0.128 e. The molecule has 2 unspecified atom stereocenters. The van der Waals surface area contributed by atoms with Gasteiger partial charge >= 0.3 is 0 Å². The van der Waals surface area contributed by atoms with E-state index in [2.05, 4.69) is 11.8 Å². The highest BCUT2D eigenvalue weighted by Crippen LogP contribution is 2.29. The zero-order chi connectivity index (χ0) is 15.2. The van der Waals surface area contributed by atoms with E-state index >= 15 is 0 Å². The third kappa shape index (κ3) is 4.24. The van der Waals surface area contributed by atoms with Crippen molar-refractivity contribution in [3.63, 3.8) is 0 Å². The number of hydrogen-bond donors (Lipinski definition) is 1. The first-order chi connectivity index (χ1) is 10.2. The lowest BCUT2D eigenvalue weighted by Crippen LogP contribution is -2.35. The Morgan fingerprint density at radius 2 is 2.10 bits per heavy atom. The Hall–Kier alpha value is -1.00. The number of nitrogens with two attached hydrogens (primary N) is 1. The largest absolute Gasteiger partial charge is 0.329 e. The summed E-state index contributed by atoms with van der Waals surface area (Å²) < 4.78 is 27.4. The zero-order valence-corrected chi connectivity index (χ0v) is 12.8. The van der Waals surface area contributed by atoms with Gasteiger partial charge in [0.15, 0.2) is 0 Å². The normalized spacial score (nSPS) is 22.0. The predicted molar refractivity (Wildman–Crippen MR) is 82.0 cm³/mol. The molecule has 21 heavy (non-hydrogen) atoms. The van der Waals surface area contributed by atoms with Crippen LogP contribution in [0.15, 0.2) is 18.2 Å². The quantitative estimate of drug-likeness (QED) is 0.894. The van der Waals surface area contributed by atoms with E-state index in [1.165, 1.54) is 31.4 Å². The molecule has 2 atom stereocenters. The molecule has 1 saturated heterocycles. The Labute approximate surface area is 126 Å². The molecular weight excluding hydrogens is 270 g/mol. The van der Waals surface area contributed by atoms with Crippen molar-refractivity contribution in [3.8, 4) is 0 Å². The second-order valence-corrected chi connectivity index (χ2v) is 6.04. The molecule has 0 saturated carbocycles. The molecule has 2 rings (SSSR count). The average molecular weight is 296 g/mol. The van der Waals surface area contributed by atoms with Crippen LogP contribution < -0.4 is 5.73 Å². The summed E-state index contributed by atoms with van der Waals surface area (Å²) in [5.74, 6) is 0.000479. The summed E-state index contributed by atoms with van der Waals surface area (Å²) in [7, 11) is 0. The molecule has 2 nitrogen and oxygen atoms in total. The van der Waals surface area contributed by atoms with E-state index in [1.54, 1.807) is 0 Å². The molecule has 118 valence electrons. The van der Waals surface area contributed by atoms with E-state index in [-0.39, 0.29) is 11.9 Å². The van der Waals surface area contributed by atoms with E-state index in [0.29, 0.717) is 12.1 Å². The standard InChI is InChI=1S/C17H26F2N2/c1-2-4-13-5-3-9-21(10-8-13)17(12-20)15-11-14(18)6-7-16(15)19/h6-7,11,13,17H,2-5,8-10,12,20H2,1H3. The van der Waals surface area contributed by atoms with Crippen molar-refractivity contribution in [1.29, 1.82) is 0 Å². The van der Waals surface area contributed by atoms with Crippen LogP contribution in [-0.2, 0) is 0 Å². The van der Waals surface area contributed by atoms with Crippen molar-refractivity contribution in [2.75, 3.05) is 19.6 Å². The number of hydrogen-bond acceptors (Lipinski definition) is 2. The van der Waals surface area contributed by atoms with Crippen molar-refractivity contribution in [3.05, 3.63) is 35.4 Å². The van der Waals surface area contributed by atoms with E-state index in [0.717, 1.165) is 37.9 Å². The zero-order valence-electron chi connectivity index (χ0n) is 12.8. The first kappa shape index (κ1) is 16.4. The fourth-order valence-electron chi connectivity index (χ4n) is 3.44. The van der Waals surface area contributed by atoms with Crippen LogP contribution in [0.1, 0.15) is 50.6 Å². The minimum absolute atomic E-state index is 0.221. The summed E-state index contributed by atoms with van der Waals surface area (Å²) in [6, 6.07) is 3.43. The Morgan fingerprint density at radius 3 is 2.81 bits per heavy atom. The molecule has 1 aromatic carbocycles. The molecule has 4 heteroatoms. The lowest BCUT2D eigenvalue weighted by molar-refractivity contribution is 0.202. The van der Waals surface area contributed by atoms with Gasteiger partial charge < -0.3 is 5.73 Å². The molecule has 0 radical (unpaired) electrons. The second kappa shape index (κ2) is 7.85. The van der Waals surface area contributed by atoms with E-state index in [1.807, 2.05) is 0 Å². The Balaban J connectivity index is 2.12. The first-order valence-corrected chi connectivity index (χ1v) is 8.04. The third-order valence-corrected chi connectivity index (χ3v) is 4.56. The molecule has 1 aromatic rings. The summed E-state index contributed by atoms with van der Waals surface area (Å²) in [5.41, 5.74) is 6.26. The summed E-state index contributed by atoms with van der Waals surface area (Å²) >= 11 is 0. The van der Waals surface area contributed by atoms with Crippen LogP contribution in [0.3, 0.4) is 0 Å². The molecule has 1 aliphatic rings. The first-order valence-electron chi connectivity index (χ1n) is 8.04. The highest BCUT2D eigenvalue weighted by Gasteiger charge is 2.25. The Morgan fingerprint density at radius 1 is 1.29 bits per heavy atom. The smallest absolute Gasteiger partial charge is 0.128 e. The minimum atomic E-state index is -0.400. The molecule has 1 heterocycles. The van der Waals surface area contributed by atoms with Gasteiger partial charge in [-0.3, -0.25) is 4.90 Å². The maximum absolute atomic E-state index is 14.0. The molecule has 0 aromatic heterocycles. The monoisotopic (exact) mass is 296 g/mol. The van der Waals surface area contributed by atoms with Crippen molar-refractivity contribution in [2.24, 2.45) is 11.7 Å². The fraction of sp³-hybridized carbons (Fsp3) is 0.647. The van der Waals surface area contributed by atoms with Crippen LogP contribution in [-0.4, -0.2) is 24.5 Å². The molecule has 0 amide bonds. The second-order valence-electron chi connectivity index (χ2n) is 6.04.